The second kappa shape index (κ2) is 10.3. The number of esters is 1. The maximum atomic E-state index is 12.4. The number of ketones is 1. The minimum Gasteiger partial charge on any atom is -0.453 e. The lowest BCUT2D eigenvalue weighted by Gasteiger charge is -2.15. The van der Waals surface area contributed by atoms with Gasteiger partial charge in [0.05, 0.1) is 12.1 Å². The molecule has 0 saturated heterocycles. The van der Waals surface area contributed by atoms with E-state index in [1.165, 1.54) is 31.2 Å². The van der Waals surface area contributed by atoms with E-state index < -0.39 is 24.6 Å². The molecule has 1 atom stereocenters. The summed E-state index contributed by atoms with van der Waals surface area (Å²) in [5, 5.41) is 2.38. The van der Waals surface area contributed by atoms with Crippen molar-refractivity contribution in [2.24, 2.45) is 0 Å². The number of aryl methyl sites for hydroxylation is 1. The van der Waals surface area contributed by atoms with Crippen molar-refractivity contribution in [1.29, 1.82) is 0 Å². The number of amides is 1. The summed E-state index contributed by atoms with van der Waals surface area (Å²) in [4.78, 5) is 36.2. The number of nitrogens with one attached hydrogen (secondary N) is 1. The lowest BCUT2D eigenvalue weighted by molar-refractivity contribution is -0.153. The smallest absolute Gasteiger partial charge is 0.387 e. The lowest BCUT2D eigenvalue weighted by Crippen LogP contribution is -2.30. The number of rotatable bonds is 9. The topological polar surface area (TPSA) is 81.7 Å². The summed E-state index contributed by atoms with van der Waals surface area (Å²) in [7, 11) is 0. The van der Waals surface area contributed by atoms with Gasteiger partial charge in [-0.15, -0.1) is 0 Å². The number of carbonyl (C=O) groups excluding carboxylic acids is 3. The van der Waals surface area contributed by atoms with Gasteiger partial charge in [0.25, 0.3) is 5.91 Å². The number of anilines is 1. The Morgan fingerprint density at radius 3 is 2.31 bits per heavy atom. The quantitative estimate of drug-likeness (QED) is 0.501. The Hall–Kier alpha value is -3.29. The number of hydrogen-bond acceptors (Lipinski definition) is 5. The van der Waals surface area contributed by atoms with E-state index in [1.54, 1.807) is 24.3 Å². The highest BCUT2D eigenvalue weighted by molar-refractivity contribution is 5.98. The summed E-state index contributed by atoms with van der Waals surface area (Å²) in [6, 6.07) is 12.6. The van der Waals surface area contributed by atoms with Crippen molar-refractivity contribution in [2.45, 2.75) is 39.4 Å². The van der Waals surface area contributed by atoms with Crippen LogP contribution in [0.2, 0.25) is 0 Å². The van der Waals surface area contributed by atoms with E-state index in [0.717, 1.165) is 5.56 Å². The van der Waals surface area contributed by atoms with Crippen LogP contribution in [0.1, 0.15) is 35.7 Å². The van der Waals surface area contributed by atoms with Gasteiger partial charge in [-0.1, -0.05) is 42.0 Å². The Morgan fingerprint density at radius 2 is 1.66 bits per heavy atom. The normalized spacial score (nSPS) is 11.6. The van der Waals surface area contributed by atoms with Crippen LogP contribution < -0.4 is 10.1 Å². The van der Waals surface area contributed by atoms with Gasteiger partial charge >= 0.3 is 12.6 Å². The average molecular weight is 405 g/mol. The molecule has 2 aromatic carbocycles. The molecule has 29 heavy (non-hydrogen) atoms. The zero-order chi connectivity index (χ0) is 21.4. The van der Waals surface area contributed by atoms with Gasteiger partial charge in [0.2, 0.25) is 0 Å². The van der Waals surface area contributed by atoms with Crippen LogP contribution in [0.3, 0.4) is 0 Å². The van der Waals surface area contributed by atoms with Crippen molar-refractivity contribution in [2.75, 3.05) is 5.32 Å². The number of Topliss-reactive ketones (excluding diaryl/α,β-unsaturated/α-hetero) is 1. The molecule has 1 N–H and O–H groups in total. The van der Waals surface area contributed by atoms with E-state index in [2.05, 4.69) is 10.1 Å². The van der Waals surface area contributed by atoms with Gasteiger partial charge in [0, 0.05) is 12.0 Å². The van der Waals surface area contributed by atoms with Gasteiger partial charge < -0.3 is 14.8 Å². The molecule has 0 radical (unpaired) electrons. The fourth-order valence-corrected chi connectivity index (χ4v) is 2.41. The molecule has 0 fully saturated rings. The predicted molar refractivity (Wildman–Crippen MR) is 102 cm³/mol. The molecule has 0 unspecified atom stereocenters. The Bertz CT molecular complexity index is 868. The molecule has 2 aromatic rings. The molecule has 154 valence electrons. The van der Waals surface area contributed by atoms with E-state index >= 15 is 0 Å². The molecule has 2 rings (SSSR count). The number of halogens is 2. The maximum Gasteiger partial charge on any atom is 0.387 e. The summed E-state index contributed by atoms with van der Waals surface area (Å²) in [5.41, 5.74) is 1.53. The second-order valence-corrected chi connectivity index (χ2v) is 6.29. The third-order valence-corrected chi connectivity index (χ3v) is 3.97. The molecule has 0 aliphatic rings. The number of carbonyl (C=O) groups is 3. The first-order valence-electron chi connectivity index (χ1n) is 8.90. The molecule has 6 nitrogen and oxygen atoms in total. The molecular weight excluding hydrogens is 384 g/mol. The largest absolute Gasteiger partial charge is 0.453 e. The van der Waals surface area contributed by atoms with Gasteiger partial charge in [-0.25, -0.2) is 0 Å². The minimum absolute atomic E-state index is 0.0234. The average Bonchev–Trinajstić information content (AvgIpc) is 2.67. The first-order valence-corrected chi connectivity index (χ1v) is 8.90. The van der Waals surface area contributed by atoms with Crippen LogP contribution in [-0.4, -0.2) is 30.4 Å². The second-order valence-electron chi connectivity index (χ2n) is 6.29. The van der Waals surface area contributed by atoms with Crippen LogP contribution in [0.5, 0.6) is 5.75 Å². The molecule has 1 amide bonds. The predicted octanol–water partition coefficient (Wildman–Crippen LogP) is 4.13. The first kappa shape index (κ1) is 22.0. The fraction of sp³-hybridized carbons (Fsp3) is 0.286. The van der Waals surface area contributed by atoms with Crippen LogP contribution in [0.15, 0.2) is 48.5 Å². The number of alkyl halides is 2. The third kappa shape index (κ3) is 6.99. The van der Waals surface area contributed by atoms with Crippen LogP contribution in [0.4, 0.5) is 14.5 Å². The summed E-state index contributed by atoms with van der Waals surface area (Å²) in [6.45, 7) is 0.191. The number of ether oxygens (including phenoxy) is 2. The number of hydrogen-bond donors (Lipinski definition) is 1. The monoisotopic (exact) mass is 405 g/mol. The molecule has 0 aromatic heterocycles. The third-order valence-electron chi connectivity index (χ3n) is 3.97. The van der Waals surface area contributed by atoms with Gasteiger partial charge in [-0.3, -0.25) is 14.4 Å². The Morgan fingerprint density at radius 1 is 1.00 bits per heavy atom. The maximum absolute atomic E-state index is 12.4. The van der Waals surface area contributed by atoms with E-state index in [4.69, 9.17) is 4.74 Å². The van der Waals surface area contributed by atoms with Gasteiger partial charge in [-0.2, -0.15) is 8.78 Å². The van der Waals surface area contributed by atoms with Crippen molar-refractivity contribution < 1.29 is 32.6 Å². The van der Waals surface area contributed by atoms with Gasteiger partial charge in [0.1, 0.15) is 5.75 Å². The number of benzene rings is 2. The fourth-order valence-electron chi connectivity index (χ4n) is 2.41. The number of para-hydroxylation sites is 2. The van der Waals surface area contributed by atoms with E-state index in [-0.39, 0.29) is 30.1 Å². The molecule has 0 heterocycles. The van der Waals surface area contributed by atoms with Crippen molar-refractivity contribution in [3.05, 3.63) is 59.7 Å². The SMILES string of the molecule is Cc1ccc(C(=O)CCC(=O)O[C@@H](C)C(=O)Nc2ccccc2OC(F)F)cc1. The summed E-state index contributed by atoms with van der Waals surface area (Å²) < 4.78 is 34.2. The lowest BCUT2D eigenvalue weighted by atomic mass is 10.1. The molecule has 0 bridgehead atoms. The Kier molecular flexibility index (Phi) is 7.82. The Balaban J connectivity index is 1.85. The zero-order valence-corrected chi connectivity index (χ0v) is 16.0. The minimum atomic E-state index is -3.05. The van der Waals surface area contributed by atoms with Gasteiger partial charge in [-0.05, 0) is 26.0 Å². The van der Waals surface area contributed by atoms with Crippen molar-refractivity contribution in [3.63, 3.8) is 0 Å². The highest BCUT2D eigenvalue weighted by Crippen LogP contribution is 2.25. The van der Waals surface area contributed by atoms with Crippen LogP contribution in [0, 0.1) is 6.92 Å². The van der Waals surface area contributed by atoms with Crippen molar-refractivity contribution in [1.82, 2.24) is 0 Å². The molecule has 0 aliphatic carbocycles. The van der Waals surface area contributed by atoms with Crippen molar-refractivity contribution >= 4 is 23.3 Å². The van der Waals surface area contributed by atoms with Gasteiger partial charge in [0.15, 0.2) is 11.9 Å². The molecule has 0 aliphatic heterocycles. The zero-order valence-electron chi connectivity index (χ0n) is 16.0. The van der Waals surface area contributed by atoms with Crippen LogP contribution in [-0.2, 0) is 14.3 Å². The van der Waals surface area contributed by atoms with E-state index in [1.807, 2.05) is 6.92 Å². The summed E-state index contributed by atoms with van der Waals surface area (Å²) in [5.74, 6) is -1.85. The first-order chi connectivity index (χ1) is 13.8. The van der Waals surface area contributed by atoms with E-state index in [9.17, 15) is 23.2 Å². The molecule has 0 spiro atoms. The highest BCUT2D eigenvalue weighted by Gasteiger charge is 2.20. The standard InChI is InChI=1S/C21H21F2NO5/c1-13-7-9-15(10-8-13)17(25)11-12-19(26)28-14(2)20(27)24-16-5-3-4-6-18(16)29-21(22)23/h3-10,14,21H,11-12H2,1-2H3,(H,24,27)/t14-/m0/s1. The summed E-state index contributed by atoms with van der Waals surface area (Å²) in [6.07, 6.45) is -1.42. The summed E-state index contributed by atoms with van der Waals surface area (Å²) >= 11 is 0. The highest BCUT2D eigenvalue weighted by atomic mass is 19.3. The Labute approximate surface area is 166 Å². The molecular formula is C21H21F2NO5. The van der Waals surface area contributed by atoms with Crippen molar-refractivity contribution in [3.8, 4) is 5.75 Å². The van der Waals surface area contributed by atoms with E-state index in [0.29, 0.717) is 5.56 Å². The van der Waals surface area contributed by atoms with Crippen LogP contribution >= 0.6 is 0 Å². The molecule has 8 heteroatoms. The molecule has 0 saturated carbocycles. The van der Waals surface area contributed by atoms with Crippen LogP contribution in [0.25, 0.3) is 0 Å².